The molecule has 0 aromatic heterocycles. The van der Waals surface area contributed by atoms with Gasteiger partial charge in [0.05, 0.1) is 18.6 Å². The van der Waals surface area contributed by atoms with Crippen LogP contribution < -0.4 is 4.74 Å². The SMILES string of the molecule is C=CC1CC1(CCC(=O)C1CCC(CC(=O)OC(C)(C)C)CC(OC(=CC(C)c2ccccc2)c2ccc(OC)cc2C(C)CC)C1)C(=O)O. The van der Waals surface area contributed by atoms with Crippen LogP contribution in [0.25, 0.3) is 5.76 Å². The molecule has 0 heterocycles. The first-order valence-corrected chi connectivity index (χ1v) is 18.4. The fraction of sp³-hybridized carbons (Fsp3) is 0.558. The van der Waals surface area contributed by atoms with Gasteiger partial charge < -0.3 is 19.3 Å². The van der Waals surface area contributed by atoms with Gasteiger partial charge in [0, 0.05) is 30.2 Å². The highest BCUT2D eigenvalue weighted by molar-refractivity contribution is 5.84. The van der Waals surface area contributed by atoms with Crippen molar-refractivity contribution in [3.63, 3.8) is 0 Å². The first-order valence-electron chi connectivity index (χ1n) is 18.4. The molecule has 2 saturated carbocycles. The number of hydrogen-bond acceptors (Lipinski definition) is 6. The third kappa shape index (κ3) is 10.1. The second-order valence-electron chi connectivity index (χ2n) is 15.6. The number of methoxy groups -OCH3 is 1. The van der Waals surface area contributed by atoms with Crippen molar-refractivity contribution in [1.29, 1.82) is 0 Å². The van der Waals surface area contributed by atoms with E-state index in [0.29, 0.717) is 38.5 Å². The summed E-state index contributed by atoms with van der Waals surface area (Å²) < 4.78 is 18.4. The molecule has 4 rings (SSSR count). The quantitative estimate of drug-likeness (QED) is 0.0812. The highest BCUT2D eigenvalue weighted by atomic mass is 16.6. The lowest BCUT2D eigenvalue weighted by atomic mass is 9.87. The zero-order valence-electron chi connectivity index (χ0n) is 31.2. The summed E-state index contributed by atoms with van der Waals surface area (Å²) in [4.78, 5) is 39.1. The summed E-state index contributed by atoms with van der Waals surface area (Å²) in [5, 5.41) is 9.95. The number of aliphatic carboxylic acids is 1. The normalized spacial score (nSPS) is 25.1. The number of ketones is 1. The molecule has 2 fully saturated rings. The molecule has 2 aliphatic rings. The van der Waals surface area contributed by atoms with Crippen LogP contribution in [-0.4, -0.2) is 41.6 Å². The van der Waals surface area contributed by atoms with Crippen molar-refractivity contribution < 1.29 is 33.7 Å². The van der Waals surface area contributed by atoms with Gasteiger partial charge in [-0.2, -0.15) is 0 Å². The molecule has 0 radical (unpaired) electrons. The molecule has 7 heteroatoms. The first-order chi connectivity index (χ1) is 23.7. The fourth-order valence-electron chi connectivity index (χ4n) is 7.46. The van der Waals surface area contributed by atoms with Crippen molar-refractivity contribution in [2.75, 3.05) is 7.11 Å². The number of benzene rings is 2. The van der Waals surface area contributed by atoms with E-state index >= 15 is 0 Å². The molecule has 2 aromatic carbocycles. The predicted octanol–water partition coefficient (Wildman–Crippen LogP) is 9.90. The summed E-state index contributed by atoms with van der Waals surface area (Å²) in [6, 6.07) is 16.4. The Morgan fingerprint density at radius 3 is 2.38 bits per heavy atom. The van der Waals surface area contributed by atoms with Crippen LogP contribution in [0.15, 0.2) is 67.3 Å². The van der Waals surface area contributed by atoms with Gasteiger partial charge in [-0.25, -0.2) is 0 Å². The van der Waals surface area contributed by atoms with Crippen LogP contribution in [0.5, 0.6) is 5.75 Å². The lowest BCUT2D eigenvalue weighted by Gasteiger charge is -2.27. The Balaban J connectivity index is 1.69. The Bertz CT molecular complexity index is 1520. The van der Waals surface area contributed by atoms with E-state index in [0.717, 1.165) is 34.6 Å². The summed E-state index contributed by atoms with van der Waals surface area (Å²) in [5.41, 5.74) is 1.80. The van der Waals surface area contributed by atoms with Gasteiger partial charge in [0.15, 0.2) is 0 Å². The Morgan fingerprint density at radius 2 is 1.78 bits per heavy atom. The number of carboxylic acid groups (broad SMARTS) is 1. The molecule has 0 amide bonds. The first kappa shape index (κ1) is 38.9. The maximum Gasteiger partial charge on any atom is 0.310 e. The highest BCUT2D eigenvalue weighted by Crippen LogP contribution is 2.57. The van der Waals surface area contributed by atoms with E-state index in [-0.39, 0.29) is 60.3 Å². The Kier molecular flexibility index (Phi) is 13.2. The molecule has 2 aromatic rings. The van der Waals surface area contributed by atoms with Gasteiger partial charge in [-0.15, -0.1) is 6.58 Å². The summed E-state index contributed by atoms with van der Waals surface area (Å²) in [5.74, 6) is 0.371. The average Bonchev–Trinajstić information content (AvgIpc) is 3.85. The maximum absolute atomic E-state index is 13.9. The van der Waals surface area contributed by atoms with Crippen LogP contribution in [0.3, 0.4) is 0 Å². The van der Waals surface area contributed by atoms with Gasteiger partial charge >= 0.3 is 11.9 Å². The van der Waals surface area contributed by atoms with Gasteiger partial charge in [-0.05, 0) is 119 Å². The number of rotatable bonds is 16. The molecule has 272 valence electrons. The van der Waals surface area contributed by atoms with E-state index in [9.17, 15) is 19.5 Å². The number of carbonyl (C=O) groups is 3. The smallest absolute Gasteiger partial charge is 0.310 e. The summed E-state index contributed by atoms with van der Waals surface area (Å²) in [6.07, 6.45) is 8.18. The average molecular weight is 687 g/mol. The van der Waals surface area contributed by atoms with Crippen molar-refractivity contribution >= 4 is 23.5 Å². The van der Waals surface area contributed by atoms with E-state index in [1.807, 2.05) is 45.0 Å². The highest BCUT2D eigenvalue weighted by Gasteiger charge is 2.58. The molecule has 0 spiro atoms. The maximum atomic E-state index is 13.9. The third-order valence-electron chi connectivity index (χ3n) is 10.7. The largest absolute Gasteiger partial charge is 0.497 e. The number of carboxylic acids is 1. The molecular weight excluding hydrogens is 628 g/mol. The van der Waals surface area contributed by atoms with Crippen molar-refractivity contribution in [1.82, 2.24) is 0 Å². The van der Waals surface area contributed by atoms with Crippen LogP contribution in [0.4, 0.5) is 0 Å². The topological polar surface area (TPSA) is 99.1 Å². The van der Waals surface area contributed by atoms with Crippen molar-refractivity contribution in [3.8, 4) is 5.75 Å². The van der Waals surface area contributed by atoms with E-state index in [1.165, 1.54) is 0 Å². The number of esters is 1. The molecule has 7 atom stereocenters. The minimum atomic E-state index is -0.887. The van der Waals surface area contributed by atoms with Gasteiger partial charge in [0.1, 0.15) is 22.9 Å². The van der Waals surface area contributed by atoms with Crippen LogP contribution in [0, 0.1) is 23.2 Å². The van der Waals surface area contributed by atoms with Crippen molar-refractivity contribution in [3.05, 3.63) is 84.0 Å². The lowest BCUT2D eigenvalue weighted by Crippen LogP contribution is -2.26. The molecule has 1 N–H and O–H groups in total. The molecule has 2 aliphatic carbocycles. The zero-order chi connectivity index (χ0) is 36.6. The molecule has 0 bridgehead atoms. The number of hydrogen-bond donors (Lipinski definition) is 1. The predicted molar refractivity (Wildman–Crippen MR) is 198 cm³/mol. The van der Waals surface area contributed by atoms with Gasteiger partial charge in [-0.3, -0.25) is 14.4 Å². The molecule has 7 unspecified atom stereocenters. The van der Waals surface area contributed by atoms with E-state index in [1.54, 1.807) is 13.2 Å². The summed E-state index contributed by atoms with van der Waals surface area (Å²) in [6.45, 7) is 15.9. The third-order valence-corrected chi connectivity index (χ3v) is 10.7. The van der Waals surface area contributed by atoms with Crippen LogP contribution >= 0.6 is 0 Å². The van der Waals surface area contributed by atoms with Gasteiger partial charge in [-0.1, -0.05) is 57.2 Å². The fourth-order valence-corrected chi connectivity index (χ4v) is 7.46. The Labute approximate surface area is 299 Å². The monoisotopic (exact) mass is 686 g/mol. The van der Waals surface area contributed by atoms with Crippen molar-refractivity contribution in [2.45, 2.75) is 123 Å². The minimum absolute atomic E-state index is 0.0238. The van der Waals surface area contributed by atoms with Crippen LogP contribution in [0.1, 0.15) is 128 Å². The van der Waals surface area contributed by atoms with Gasteiger partial charge in [0.2, 0.25) is 0 Å². The summed E-state index contributed by atoms with van der Waals surface area (Å²) in [7, 11) is 1.67. The number of Topliss-reactive ketones (excluding diaryl/α,β-unsaturated/α-hetero) is 1. The van der Waals surface area contributed by atoms with E-state index in [2.05, 4.69) is 57.7 Å². The Morgan fingerprint density at radius 1 is 1.06 bits per heavy atom. The molecule has 0 saturated heterocycles. The second-order valence-corrected chi connectivity index (χ2v) is 15.6. The molecule has 7 nitrogen and oxygen atoms in total. The molecular formula is C43H58O7. The number of carbonyl (C=O) groups excluding carboxylic acids is 2. The number of ether oxygens (including phenoxy) is 3. The standard InChI is InChI=1S/C43H58O7/c1-9-28(3)37-26-34(48-8)18-19-36(37)39(22-29(4)31-14-12-11-13-15-31)49-35-23-30(24-40(45)50-42(5,6)7)16-17-32(25-35)38(44)20-21-43(41(46)47)27-33(43)10-2/h10-15,18-19,22,26,28-30,32-33,35H,2,9,16-17,20-21,23-25,27H2,1,3-8H3,(H,46,47). The lowest BCUT2D eigenvalue weighted by molar-refractivity contribution is -0.156. The Hall–Kier alpha value is -3.87. The van der Waals surface area contributed by atoms with Crippen LogP contribution in [-0.2, 0) is 23.9 Å². The molecule has 0 aliphatic heterocycles. The van der Waals surface area contributed by atoms with E-state index < -0.39 is 17.0 Å². The van der Waals surface area contributed by atoms with E-state index in [4.69, 9.17) is 14.2 Å². The van der Waals surface area contributed by atoms with Gasteiger partial charge in [0.25, 0.3) is 0 Å². The summed E-state index contributed by atoms with van der Waals surface area (Å²) >= 11 is 0. The van der Waals surface area contributed by atoms with Crippen molar-refractivity contribution in [2.24, 2.45) is 23.2 Å². The second kappa shape index (κ2) is 16.9. The zero-order valence-corrected chi connectivity index (χ0v) is 31.2. The van der Waals surface area contributed by atoms with Crippen LogP contribution in [0.2, 0.25) is 0 Å². The number of allylic oxidation sites excluding steroid dienone is 2. The minimum Gasteiger partial charge on any atom is -0.497 e. The molecule has 50 heavy (non-hydrogen) atoms.